The number of rotatable bonds is 4. The lowest BCUT2D eigenvalue weighted by Gasteiger charge is -2.28. The molecule has 0 spiro atoms. The minimum Gasteiger partial charge on any atom is -0.361 e. The molecular formula is C10H23NO. The first kappa shape index (κ1) is 11.9. The molecule has 0 heterocycles. The Balaban J connectivity index is 3.75. The summed E-state index contributed by atoms with van der Waals surface area (Å²) in [6.07, 6.45) is 2.23. The molecule has 0 atom stereocenters. The van der Waals surface area contributed by atoms with Gasteiger partial charge in [-0.2, -0.15) is 0 Å². The molecule has 0 aliphatic heterocycles. The van der Waals surface area contributed by atoms with E-state index >= 15 is 0 Å². The van der Waals surface area contributed by atoms with Crippen LogP contribution >= 0.6 is 0 Å². The Bertz CT molecular complexity index is 124. The van der Waals surface area contributed by atoms with Gasteiger partial charge in [0.05, 0.1) is 12.3 Å². The van der Waals surface area contributed by atoms with Crippen LogP contribution in [-0.4, -0.2) is 12.3 Å². The molecule has 0 aromatic rings. The van der Waals surface area contributed by atoms with Gasteiger partial charge in [-0.05, 0) is 32.1 Å². The molecule has 2 heteroatoms. The molecule has 74 valence electrons. The van der Waals surface area contributed by atoms with E-state index in [0.29, 0.717) is 12.1 Å². The maximum atomic E-state index is 5.40. The van der Waals surface area contributed by atoms with Gasteiger partial charge in [-0.25, -0.2) is 0 Å². The van der Waals surface area contributed by atoms with Crippen molar-refractivity contribution in [2.75, 3.05) is 6.73 Å². The van der Waals surface area contributed by atoms with Gasteiger partial charge in [0.1, 0.15) is 0 Å². The van der Waals surface area contributed by atoms with Crippen molar-refractivity contribution >= 4 is 0 Å². The summed E-state index contributed by atoms with van der Waals surface area (Å²) in [5, 5.41) is 0. The molecular weight excluding hydrogens is 150 g/mol. The van der Waals surface area contributed by atoms with Crippen LogP contribution in [0.15, 0.2) is 0 Å². The molecule has 0 saturated carbocycles. The third-order valence-electron chi connectivity index (χ3n) is 1.95. The van der Waals surface area contributed by atoms with E-state index in [0.717, 1.165) is 6.42 Å². The van der Waals surface area contributed by atoms with Crippen LogP contribution < -0.4 is 5.73 Å². The summed E-state index contributed by atoms with van der Waals surface area (Å²) in [7, 11) is 0. The summed E-state index contributed by atoms with van der Waals surface area (Å²) in [6, 6.07) is 0. The quantitative estimate of drug-likeness (QED) is 0.663. The van der Waals surface area contributed by atoms with E-state index in [4.69, 9.17) is 10.5 Å². The lowest BCUT2D eigenvalue weighted by atomic mass is 9.86. The molecule has 0 aliphatic carbocycles. The topological polar surface area (TPSA) is 35.2 Å². The van der Waals surface area contributed by atoms with Gasteiger partial charge < -0.3 is 10.5 Å². The summed E-state index contributed by atoms with van der Waals surface area (Å²) in [5.41, 5.74) is 5.65. The summed E-state index contributed by atoms with van der Waals surface area (Å²) in [6.45, 7) is 11.2. The van der Waals surface area contributed by atoms with E-state index < -0.39 is 0 Å². The second kappa shape index (κ2) is 4.24. The van der Waals surface area contributed by atoms with E-state index in [1.165, 1.54) is 6.42 Å². The summed E-state index contributed by atoms with van der Waals surface area (Å²) < 4.78 is 5.40. The summed E-state index contributed by atoms with van der Waals surface area (Å²) in [4.78, 5) is 0. The Labute approximate surface area is 76.5 Å². The number of hydrogen-bond acceptors (Lipinski definition) is 2. The fraction of sp³-hybridized carbons (Fsp3) is 1.00. The summed E-state index contributed by atoms with van der Waals surface area (Å²) in [5.74, 6) is 0. The largest absolute Gasteiger partial charge is 0.361 e. The molecule has 0 saturated heterocycles. The molecule has 0 aliphatic rings. The van der Waals surface area contributed by atoms with Crippen molar-refractivity contribution in [3.05, 3.63) is 0 Å². The van der Waals surface area contributed by atoms with Crippen LogP contribution in [0.3, 0.4) is 0 Å². The lowest BCUT2D eigenvalue weighted by molar-refractivity contribution is -0.0265. The van der Waals surface area contributed by atoms with E-state index in [2.05, 4.69) is 34.6 Å². The fourth-order valence-corrected chi connectivity index (χ4v) is 0.974. The minimum absolute atomic E-state index is 0.0674. The molecule has 0 rings (SSSR count). The second-order valence-corrected chi connectivity index (χ2v) is 5.13. The molecule has 2 N–H and O–H groups in total. The van der Waals surface area contributed by atoms with E-state index in [1.807, 2.05) is 0 Å². The molecule has 0 amide bonds. The molecule has 0 radical (unpaired) electrons. The zero-order chi connectivity index (χ0) is 9.83. The highest BCUT2D eigenvalue weighted by Crippen LogP contribution is 2.26. The average molecular weight is 173 g/mol. The van der Waals surface area contributed by atoms with Gasteiger partial charge in [0.15, 0.2) is 0 Å². The molecule has 12 heavy (non-hydrogen) atoms. The van der Waals surface area contributed by atoms with Gasteiger partial charge in [-0.15, -0.1) is 0 Å². The fourth-order valence-electron chi connectivity index (χ4n) is 0.974. The first-order chi connectivity index (χ1) is 5.27. The van der Waals surface area contributed by atoms with E-state index in [1.54, 1.807) is 0 Å². The maximum absolute atomic E-state index is 5.40. The Morgan fingerprint density at radius 3 is 1.83 bits per heavy atom. The molecule has 0 unspecified atom stereocenters. The van der Waals surface area contributed by atoms with Gasteiger partial charge in [0, 0.05) is 0 Å². The lowest BCUT2D eigenvalue weighted by Crippen LogP contribution is -2.29. The molecule has 0 aromatic heterocycles. The van der Waals surface area contributed by atoms with Crippen LogP contribution in [0.4, 0.5) is 0 Å². The van der Waals surface area contributed by atoms with Crippen molar-refractivity contribution in [2.24, 2.45) is 11.1 Å². The highest BCUT2D eigenvalue weighted by molar-refractivity contribution is 4.72. The van der Waals surface area contributed by atoms with Crippen molar-refractivity contribution in [3.8, 4) is 0 Å². The Kier molecular flexibility index (Phi) is 4.21. The number of nitrogens with two attached hydrogens (primary N) is 1. The van der Waals surface area contributed by atoms with Gasteiger partial charge in [-0.1, -0.05) is 20.8 Å². The Hall–Kier alpha value is -0.0800. The zero-order valence-corrected chi connectivity index (χ0v) is 9.11. The smallest absolute Gasteiger partial charge is 0.0947 e. The maximum Gasteiger partial charge on any atom is 0.0947 e. The minimum atomic E-state index is -0.0674. The van der Waals surface area contributed by atoms with Crippen LogP contribution in [-0.2, 0) is 4.74 Å². The molecule has 0 fully saturated rings. The van der Waals surface area contributed by atoms with Crippen LogP contribution in [0.25, 0.3) is 0 Å². The van der Waals surface area contributed by atoms with Gasteiger partial charge in [0.25, 0.3) is 0 Å². The van der Waals surface area contributed by atoms with Crippen LogP contribution in [0.1, 0.15) is 47.5 Å². The van der Waals surface area contributed by atoms with Crippen LogP contribution in [0.5, 0.6) is 0 Å². The number of hydrogen-bond donors (Lipinski definition) is 1. The second-order valence-electron chi connectivity index (χ2n) is 5.13. The Morgan fingerprint density at radius 2 is 1.50 bits per heavy atom. The van der Waals surface area contributed by atoms with Crippen molar-refractivity contribution < 1.29 is 4.74 Å². The third kappa shape index (κ3) is 6.62. The van der Waals surface area contributed by atoms with E-state index in [-0.39, 0.29) is 5.60 Å². The highest BCUT2D eigenvalue weighted by Gasteiger charge is 2.21. The molecule has 0 aromatic carbocycles. The summed E-state index contributed by atoms with van der Waals surface area (Å²) >= 11 is 0. The van der Waals surface area contributed by atoms with Crippen molar-refractivity contribution in [1.29, 1.82) is 0 Å². The SMILES string of the molecule is CC(C)(C)CCC(C)(C)OCN. The van der Waals surface area contributed by atoms with Gasteiger partial charge >= 0.3 is 0 Å². The van der Waals surface area contributed by atoms with Gasteiger partial charge in [-0.3, -0.25) is 0 Å². The predicted octanol–water partition coefficient (Wildman–Crippen LogP) is 2.52. The van der Waals surface area contributed by atoms with Crippen molar-refractivity contribution in [3.63, 3.8) is 0 Å². The normalized spacial score (nSPS) is 13.5. The predicted molar refractivity (Wildman–Crippen MR) is 52.9 cm³/mol. The number of ether oxygens (including phenoxy) is 1. The first-order valence-electron chi connectivity index (χ1n) is 4.61. The molecule has 2 nitrogen and oxygen atoms in total. The standard InChI is InChI=1S/C10H23NO/c1-9(2,3)6-7-10(4,5)12-8-11/h6-8,11H2,1-5H3. The van der Waals surface area contributed by atoms with Crippen molar-refractivity contribution in [1.82, 2.24) is 0 Å². The van der Waals surface area contributed by atoms with E-state index in [9.17, 15) is 0 Å². The monoisotopic (exact) mass is 173 g/mol. The highest BCUT2D eigenvalue weighted by atomic mass is 16.5. The Morgan fingerprint density at radius 1 is 1.00 bits per heavy atom. The average Bonchev–Trinajstić information content (AvgIpc) is 1.83. The third-order valence-corrected chi connectivity index (χ3v) is 1.95. The zero-order valence-electron chi connectivity index (χ0n) is 9.11. The molecule has 0 bridgehead atoms. The van der Waals surface area contributed by atoms with Crippen LogP contribution in [0, 0.1) is 5.41 Å². The van der Waals surface area contributed by atoms with Gasteiger partial charge in [0.2, 0.25) is 0 Å². The van der Waals surface area contributed by atoms with Crippen LogP contribution in [0.2, 0.25) is 0 Å². The van der Waals surface area contributed by atoms with Crippen molar-refractivity contribution in [2.45, 2.75) is 53.1 Å². The first-order valence-corrected chi connectivity index (χ1v) is 4.61.